The van der Waals surface area contributed by atoms with Crippen LogP contribution in [0, 0.1) is 12.3 Å². The molecule has 0 radical (unpaired) electrons. The minimum atomic E-state index is -0.641. The van der Waals surface area contributed by atoms with Crippen molar-refractivity contribution < 1.29 is 9.90 Å². The molecule has 3 aliphatic rings. The Balaban J connectivity index is 1.23. The molecule has 1 amide bonds. The van der Waals surface area contributed by atoms with Crippen LogP contribution in [0.4, 0.5) is 0 Å². The molecular weight excluding hydrogens is 430 g/mol. The Morgan fingerprint density at radius 1 is 1.15 bits per heavy atom. The highest BCUT2D eigenvalue weighted by Gasteiger charge is 2.48. The van der Waals surface area contributed by atoms with E-state index in [-0.39, 0.29) is 5.41 Å². The molecule has 2 unspecified atom stereocenters. The van der Waals surface area contributed by atoms with Gasteiger partial charge in [-0.3, -0.25) is 4.79 Å². The van der Waals surface area contributed by atoms with E-state index >= 15 is 0 Å². The SMILES string of the molecule is C=C1CCC(N2CCC3(CCCN(CC(O)c4ccc(-n5cnnn5)nc4C)CC3)C2=O)=C1C. The Hall–Kier alpha value is -2.91. The number of aliphatic hydroxyl groups is 1. The number of nitrogens with zero attached hydrogens (tertiary/aromatic N) is 7. The third kappa shape index (κ3) is 4.07. The summed E-state index contributed by atoms with van der Waals surface area (Å²) in [6.45, 7) is 11.2. The minimum absolute atomic E-state index is 0.262. The third-order valence-corrected chi connectivity index (χ3v) is 7.99. The molecule has 9 nitrogen and oxygen atoms in total. The topological polar surface area (TPSA) is 100 Å². The van der Waals surface area contributed by atoms with Crippen molar-refractivity contribution in [3.63, 3.8) is 0 Å². The standard InChI is InChI=1S/C25H33N7O2/c1-17-5-7-21(18(17)2)31-14-11-25(24(31)34)9-4-12-30(13-10-25)15-22(33)20-6-8-23(27-19(20)3)32-16-26-28-29-32/h6,8,16,22,33H,1,4-5,7,9-15H2,2-3H3. The fourth-order valence-electron chi connectivity index (χ4n) is 5.81. The number of aromatic nitrogens is 5. The number of β-amino-alcohol motifs (C(OH)–C–C–N with tert-alkyl or cyclic N) is 1. The molecule has 0 bridgehead atoms. The molecule has 2 aromatic rings. The smallest absolute Gasteiger partial charge is 0.233 e. The Kier molecular flexibility index (Phi) is 6.07. The first-order chi connectivity index (χ1) is 16.4. The Bertz CT molecular complexity index is 1130. The van der Waals surface area contributed by atoms with E-state index in [0.717, 1.165) is 69.4 Å². The summed E-state index contributed by atoms with van der Waals surface area (Å²) in [7, 11) is 0. The average Bonchev–Trinajstić information content (AvgIpc) is 3.50. The van der Waals surface area contributed by atoms with E-state index in [2.05, 4.69) is 43.8 Å². The Morgan fingerprint density at radius 2 is 1.97 bits per heavy atom. The molecule has 2 saturated heterocycles. The van der Waals surface area contributed by atoms with Crippen LogP contribution in [0.1, 0.15) is 62.8 Å². The third-order valence-electron chi connectivity index (χ3n) is 7.99. The number of hydrogen-bond donors (Lipinski definition) is 1. The second-order valence-corrected chi connectivity index (χ2v) is 9.93. The molecule has 180 valence electrons. The van der Waals surface area contributed by atoms with Gasteiger partial charge >= 0.3 is 0 Å². The molecule has 4 heterocycles. The summed E-state index contributed by atoms with van der Waals surface area (Å²) in [6.07, 6.45) is 6.41. The number of pyridine rings is 1. The van der Waals surface area contributed by atoms with Crippen molar-refractivity contribution in [3.05, 3.63) is 53.1 Å². The van der Waals surface area contributed by atoms with Crippen LogP contribution in [0.15, 0.2) is 41.9 Å². The molecule has 0 saturated carbocycles. The van der Waals surface area contributed by atoms with Gasteiger partial charge in [0.25, 0.3) is 0 Å². The van der Waals surface area contributed by atoms with Gasteiger partial charge in [-0.1, -0.05) is 18.2 Å². The number of carbonyl (C=O) groups excluding carboxylic acids is 1. The number of aliphatic hydroxyl groups excluding tert-OH is 1. The van der Waals surface area contributed by atoms with Crippen LogP contribution in [0.3, 0.4) is 0 Å². The number of likely N-dealkylation sites (tertiary alicyclic amines) is 2. The maximum absolute atomic E-state index is 13.6. The molecule has 1 spiro atoms. The zero-order valence-corrected chi connectivity index (χ0v) is 20.1. The number of carbonyl (C=O) groups is 1. The maximum Gasteiger partial charge on any atom is 0.233 e. The highest BCUT2D eigenvalue weighted by molar-refractivity contribution is 5.87. The molecule has 2 aromatic heterocycles. The fourth-order valence-corrected chi connectivity index (χ4v) is 5.81. The van der Waals surface area contributed by atoms with Crippen molar-refractivity contribution in [2.24, 2.45) is 5.41 Å². The molecule has 9 heteroatoms. The van der Waals surface area contributed by atoms with Crippen LogP contribution in [0.2, 0.25) is 0 Å². The molecule has 34 heavy (non-hydrogen) atoms. The molecule has 1 N–H and O–H groups in total. The summed E-state index contributed by atoms with van der Waals surface area (Å²) in [5.41, 5.74) is 4.87. The Labute approximate surface area is 200 Å². The predicted octanol–water partition coefficient (Wildman–Crippen LogP) is 2.73. The van der Waals surface area contributed by atoms with Crippen LogP contribution >= 0.6 is 0 Å². The van der Waals surface area contributed by atoms with Gasteiger partial charge in [-0.05, 0) is 87.5 Å². The zero-order chi connectivity index (χ0) is 23.9. The lowest BCUT2D eigenvalue weighted by Crippen LogP contribution is -2.36. The number of rotatable bonds is 5. The van der Waals surface area contributed by atoms with Crippen LogP contribution < -0.4 is 0 Å². The largest absolute Gasteiger partial charge is 0.387 e. The first-order valence-electron chi connectivity index (χ1n) is 12.2. The summed E-state index contributed by atoms with van der Waals surface area (Å²) in [6, 6.07) is 3.71. The summed E-state index contributed by atoms with van der Waals surface area (Å²) in [4.78, 5) is 22.5. The van der Waals surface area contributed by atoms with Gasteiger partial charge in [-0.15, -0.1) is 5.10 Å². The van der Waals surface area contributed by atoms with Gasteiger partial charge in [0, 0.05) is 30.0 Å². The second kappa shape index (κ2) is 9.03. The highest BCUT2D eigenvalue weighted by atomic mass is 16.3. The van der Waals surface area contributed by atoms with Gasteiger partial charge < -0.3 is 14.9 Å². The molecule has 2 atom stereocenters. The summed E-state index contributed by atoms with van der Waals surface area (Å²) in [5, 5.41) is 22.2. The van der Waals surface area contributed by atoms with Gasteiger partial charge in [0.15, 0.2) is 5.82 Å². The monoisotopic (exact) mass is 463 g/mol. The van der Waals surface area contributed by atoms with E-state index in [1.807, 2.05) is 19.1 Å². The average molecular weight is 464 g/mol. The van der Waals surface area contributed by atoms with Gasteiger partial charge in [-0.2, -0.15) is 4.68 Å². The Morgan fingerprint density at radius 3 is 2.68 bits per heavy atom. The molecule has 5 rings (SSSR count). The normalized spacial score (nSPS) is 25.0. The van der Waals surface area contributed by atoms with E-state index in [1.54, 1.807) is 0 Å². The van der Waals surface area contributed by atoms with Crippen molar-refractivity contribution in [2.45, 2.75) is 58.5 Å². The quantitative estimate of drug-likeness (QED) is 0.728. The van der Waals surface area contributed by atoms with Gasteiger partial charge in [0.05, 0.1) is 11.5 Å². The van der Waals surface area contributed by atoms with Crippen molar-refractivity contribution in [1.82, 2.24) is 35.0 Å². The molecule has 1 aliphatic carbocycles. The lowest BCUT2D eigenvalue weighted by molar-refractivity contribution is -0.135. The van der Waals surface area contributed by atoms with Crippen LogP contribution in [0.25, 0.3) is 5.82 Å². The fraction of sp³-hybridized carbons (Fsp3) is 0.560. The number of amides is 1. The number of allylic oxidation sites excluding steroid dienone is 3. The van der Waals surface area contributed by atoms with Crippen LogP contribution in [-0.4, -0.2) is 72.2 Å². The lowest BCUT2D eigenvalue weighted by atomic mass is 9.79. The number of tetrazole rings is 1. The predicted molar refractivity (Wildman–Crippen MR) is 127 cm³/mol. The maximum atomic E-state index is 13.6. The van der Waals surface area contributed by atoms with E-state index < -0.39 is 6.10 Å². The minimum Gasteiger partial charge on any atom is -0.387 e. The second-order valence-electron chi connectivity index (χ2n) is 9.93. The van der Waals surface area contributed by atoms with Crippen molar-refractivity contribution in [3.8, 4) is 5.82 Å². The summed E-state index contributed by atoms with van der Waals surface area (Å²) in [5.74, 6) is 0.924. The van der Waals surface area contributed by atoms with E-state index in [1.165, 1.54) is 27.9 Å². The lowest BCUT2D eigenvalue weighted by Gasteiger charge is -2.28. The summed E-state index contributed by atoms with van der Waals surface area (Å²) < 4.78 is 1.50. The molecule has 2 aliphatic heterocycles. The summed E-state index contributed by atoms with van der Waals surface area (Å²) >= 11 is 0. The van der Waals surface area contributed by atoms with Gasteiger partial charge in [0.1, 0.15) is 6.33 Å². The highest BCUT2D eigenvalue weighted by Crippen LogP contribution is 2.45. The van der Waals surface area contributed by atoms with Gasteiger partial charge in [0.2, 0.25) is 5.91 Å². The first-order valence-corrected chi connectivity index (χ1v) is 12.2. The van der Waals surface area contributed by atoms with Crippen molar-refractivity contribution >= 4 is 5.91 Å². The van der Waals surface area contributed by atoms with E-state index in [0.29, 0.717) is 18.3 Å². The van der Waals surface area contributed by atoms with E-state index in [9.17, 15) is 9.90 Å². The van der Waals surface area contributed by atoms with E-state index in [4.69, 9.17) is 0 Å². The van der Waals surface area contributed by atoms with Crippen LogP contribution in [-0.2, 0) is 4.79 Å². The molecular formula is C25H33N7O2. The number of aryl methyl sites for hydroxylation is 1. The zero-order valence-electron chi connectivity index (χ0n) is 20.1. The molecule has 2 fully saturated rings. The van der Waals surface area contributed by atoms with Crippen molar-refractivity contribution in [2.75, 3.05) is 26.2 Å². The van der Waals surface area contributed by atoms with Gasteiger partial charge in [-0.25, -0.2) is 4.98 Å². The van der Waals surface area contributed by atoms with Crippen molar-refractivity contribution in [1.29, 1.82) is 0 Å². The first kappa shape index (κ1) is 22.9. The molecule has 0 aromatic carbocycles. The number of hydrogen-bond acceptors (Lipinski definition) is 7. The van der Waals surface area contributed by atoms with Crippen LogP contribution in [0.5, 0.6) is 0 Å².